The van der Waals surface area contributed by atoms with Gasteiger partial charge >= 0.3 is 11.4 Å². The van der Waals surface area contributed by atoms with E-state index in [1.165, 1.54) is 29.7 Å². The van der Waals surface area contributed by atoms with E-state index in [1.807, 2.05) is 12.5 Å². The standard InChI is InChI=1S/C9H9N5O3S.C6H5N5O.C4H8O3S2.C4H8S2.C2H2Cl2.ClH/c1-18(16,17)6-5-13-9(15)14(12-11-13)8-3-2-4-10-7-8;12-6-8-9-10-11(6)5-2-1-3-7-4-5;1-8(5)3-4-9(2,6)7;1-5-3-4-6-2;3-1-2-4;/h2-7H,1H3;1-4H,(H,8,10,12);3-4H,1-2H3;3-4H,1-2H3;1-2H;1H/b6-5+;;2*4-3+;2-1+;. The number of aromatic nitrogens is 10. The van der Waals surface area contributed by atoms with Crippen molar-refractivity contribution < 1.29 is 21.0 Å². The van der Waals surface area contributed by atoms with Crippen LogP contribution in [0.2, 0.25) is 0 Å². The van der Waals surface area contributed by atoms with Crippen molar-refractivity contribution in [2.75, 3.05) is 31.3 Å². The molecular formula is C25H33Cl3N10O7S5. The van der Waals surface area contributed by atoms with Gasteiger partial charge in [-0.15, -0.1) is 35.9 Å². The van der Waals surface area contributed by atoms with E-state index in [2.05, 4.69) is 46.7 Å². The second-order valence-corrected chi connectivity index (χ2v) is 15.3. The number of hydrogen-bond acceptors (Lipinski definition) is 15. The minimum atomic E-state index is -3.32. The summed E-state index contributed by atoms with van der Waals surface area (Å²) >= 11 is 13.2. The number of halogens is 3. The smallest absolute Gasteiger partial charge is 0.262 e. The summed E-state index contributed by atoms with van der Waals surface area (Å²) in [4.78, 5) is 30.5. The highest BCUT2D eigenvalue weighted by atomic mass is 35.5. The quantitative estimate of drug-likeness (QED) is 0.269. The summed E-state index contributed by atoms with van der Waals surface area (Å²) in [6.07, 6.45) is 14.8. The topological polar surface area (TPSA) is 227 Å². The molecule has 4 aromatic rings. The SMILES string of the molecule is CS(=O)(=O)/C=C/n1nnn(-c2cccnc2)c1=O.CS(=O)/C=C/S(C)(=O)=O.CS/C=C/SC.Cl.Cl/C=C/Cl.O=c1[nH]nnn1-c1cccnc1. The number of H-pyrrole nitrogens is 1. The zero-order valence-corrected chi connectivity index (χ0v) is 33.2. The fourth-order valence-electron chi connectivity index (χ4n) is 2.30. The van der Waals surface area contributed by atoms with Crippen molar-refractivity contribution in [2.24, 2.45) is 0 Å². The van der Waals surface area contributed by atoms with Crippen LogP contribution in [0.5, 0.6) is 0 Å². The molecule has 1 N–H and O–H groups in total. The normalized spacial score (nSPS) is 11.7. The predicted octanol–water partition coefficient (Wildman–Crippen LogP) is 3.07. The van der Waals surface area contributed by atoms with Crippen LogP contribution in [-0.2, 0) is 30.5 Å². The maximum atomic E-state index is 11.8. The number of sulfone groups is 2. The molecule has 276 valence electrons. The lowest BCUT2D eigenvalue weighted by atomic mass is 10.4. The first-order chi connectivity index (χ1) is 23.1. The fourth-order valence-corrected chi connectivity index (χ4v) is 4.95. The van der Waals surface area contributed by atoms with Crippen LogP contribution in [0.4, 0.5) is 0 Å². The lowest BCUT2D eigenvalue weighted by molar-refractivity contribution is 0.608. The molecule has 0 aromatic carbocycles. The molecule has 4 aromatic heterocycles. The van der Waals surface area contributed by atoms with Gasteiger partial charge in [0.15, 0.2) is 19.7 Å². The monoisotopic (exact) mass is 850 g/mol. The molecule has 0 amide bonds. The molecule has 0 aliphatic rings. The number of nitrogens with one attached hydrogen (secondary N) is 1. The van der Waals surface area contributed by atoms with Crippen LogP contribution in [-0.4, -0.2) is 102 Å². The number of pyridine rings is 2. The van der Waals surface area contributed by atoms with Crippen molar-refractivity contribution in [2.45, 2.75) is 0 Å². The predicted molar refractivity (Wildman–Crippen MR) is 206 cm³/mol. The number of thioether (sulfide) groups is 2. The summed E-state index contributed by atoms with van der Waals surface area (Å²) in [5.74, 6) is 0. The van der Waals surface area contributed by atoms with Crippen LogP contribution in [0.15, 0.2) is 96.8 Å². The third-order valence-electron chi connectivity index (χ3n) is 4.18. The Morgan fingerprint density at radius 2 is 1.32 bits per heavy atom. The van der Waals surface area contributed by atoms with E-state index >= 15 is 0 Å². The summed E-state index contributed by atoms with van der Waals surface area (Å²) in [7, 11) is -7.59. The molecule has 4 heterocycles. The highest BCUT2D eigenvalue weighted by molar-refractivity contribution is 8.04. The van der Waals surface area contributed by atoms with Gasteiger partial charge < -0.3 is 0 Å². The Kier molecular flexibility index (Phi) is 26.7. The first kappa shape index (κ1) is 48.7. The van der Waals surface area contributed by atoms with Crippen LogP contribution >= 0.6 is 59.1 Å². The Bertz CT molecular complexity index is 1990. The lowest BCUT2D eigenvalue weighted by Crippen LogP contribution is -2.21. The maximum Gasteiger partial charge on any atom is 0.372 e. The van der Waals surface area contributed by atoms with Gasteiger partial charge in [-0.1, -0.05) is 23.2 Å². The number of tetrazole rings is 2. The van der Waals surface area contributed by atoms with Gasteiger partial charge in [-0.3, -0.25) is 14.2 Å². The summed E-state index contributed by atoms with van der Waals surface area (Å²) in [6, 6.07) is 6.72. The van der Waals surface area contributed by atoms with E-state index in [-0.39, 0.29) is 18.1 Å². The first-order valence-electron chi connectivity index (χ1n) is 12.6. The number of hydrogen-bond donors (Lipinski definition) is 1. The van der Waals surface area contributed by atoms with E-state index in [9.17, 15) is 30.6 Å². The molecule has 0 saturated carbocycles. The largest absolute Gasteiger partial charge is 0.372 e. The molecular weight excluding hydrogens is 819 g/mol. The van der Waals surface area contributed by atoms with Crippen molar-refractivity contribution in [3.05, 3.63) is 108 Å². The summed E-state index contributed by atoms with van der Waals surface area (Å²) in [6.45, 7) is 0. The van der Waals surface area contributed by atoms with Crippen LogP contribution in [0.3, 0.4) is 0 Å². The minimum Gasteiger partial charge on any atom is -0.262 e. The number of rotatable bonds is 8. The molecule has 0 aliphatic heterocycles. The van der Waals surface area contributed by atoms with Crippen LogP contribution in [0.1, 0.15) is 0 Å². The summed E-state index contributed by atoms with van der Waals surface area (Å²) < 4.78 is 55.7. The minimum absolute atomic E-state index is 0. The Labute approximate surface area is 315 Å². The van der Waals surface area contributed by atoms with E-state index in [4.69, 9.17) is 23.2 Å². The van der Waals surface area contributed by atoms with Crippen LogP contribution in [0, 0.1) is 0 Å². The van der Waals surface area contributed by atoms with E-state index in [0.29, 0.717) is 11.4 Å². The average molecular weight is 852 g/mol. The Hall–Kier alpha value is -3.38. The second-order valence-electron chi connectivity index (χ2n) is 8.17. The van der Waals surface area contributed by atoms with E-state index < -0.39 is 36.2 Å². The molecule has 1 unspecified atom stereocenters. The molecule has 25 heteroatoms. The zero-order valence-electron chi connectivity index (χ0n) is 26.8. The van der Waals surface area contributed by atoms with Crippen molar-refractivity contribution in [1.29, 1.82) is 0 Å². The second kappa shape index (κ2) is 27.4. The molecule has 0 bridgehead atoms. The third-order valence-corrected chi connectivity index (χ3v) is 7.48. The van der Waals surface area contributed by atoms with Gasteiger partial charge in [-0.25, -0.2) is 31.5 Å². The fraction of sp³-hybridized carbons (Fsp3) is 0.200. The van der Waals surface area contributed by atoms with Gasteiger partial charge in [0.2, 0.25) is 0 Å². The Morgan fingerprint density at radius 1 is 0.820 bits per heavy atom. The molecule has 50 heavy (non-hydrogen) atoms. The van der Waals surface area contributed by atoms with Gasteiger partial charge in [0.1, 0.15) is 0 Å². The Morgan fingerprint density at radius 3 is 1.66 bits per heavy atom. The molecule has 1 atom stereocenters. The van der Waals surface area contributed by atoms with Crippen LogP contribution < -0.4 is 11.4 Å². The summed E-state index contributed by atoms with van der Waals surface area (Å²) in [5, 5.41) is 23.3. The van der Waals surface area contributed by atoms with E-state index in [0.717, 1.165) is 49.0 Å². The Balaban J connectivity index is 0. The molecule has 4 rings (SSSR count). The highest BCUT2D eigenvalue weighted by Crippen LogP contribution is 2.00. The van der Waals surface area contributed by atoms with Gasteiger partial charge in [-0.05, 0) is 68.4 Å². The van der Waals surface area contributed by atoms with E-state index in [1.54, 1.807) is 60.2 Å². The summed E-state index contributed by atoms with van der Waals surface area (Å²) in [5.41, 5.74) is 2.56. The van der Waals surface area contributed by atoms with Crippen molar-refractivity contribution in [3.63, 3.8) is 0 Å². The molecule has 0 aliphatic carbocycles. The molecule has 0 fully saturated rings. The molecule has 17 nitrogen and oxygen atoms in total. The van der Waals surface area contributed by atoms with Crippen molar-refractivity contribution >= 4 is 95.8 Å². The highest BCUT2D eigenvalue weighted by Gasteiger charge is 2.07. The number of aromatic amines is 1. The molecule has 0 radical (unpaired) electrons. The zero-order chi connectivity index (χ0) is 37.3. The van der Waals surface area contributed by atoms with Gasteiger partial charge in [0.25, 0.3) is 0 Å². The first-order valence-corrected chi connectivity index (χ1v) is 21.6. The van der Waals surface area contributed by atoms with Gasteiger partial charge in [0.05, 0.1) is 23.8 Å². The van der Waals surface area contributed by atoms with Crippen molar-refractivity contribution in [1.82, 2.24) is 50.0 Å². The lowest BCUT2D eigenvalue weighted by Gasteiger charge is -1.94. The molecule has 0 saturated heterocycles. The number of nitrogens with zero attached hydrogens (tertiary/aromatic N) is 9. The average Bonchev–Trinajstić information content (AvgIpc) is 3.67. The van der Waals surface area contributed by atoms with Crippen LogP contribution in [0.25, 0.3) is 17.6 Å². The maximum absolute atomic E-state index is 11.8. The molecule has 0 spiro atoms. The van der Waals surface area contributed by atoms with Crippen molar-refractivity contribution in [3.8, 4) is 11.4 Å². The third kappa shape index (κ3) is 23.9. The van der Waals surface area contributed by atoms with Gasteiger partial charge in [0, 0.05) is 75.5 Å². The van der Waals surface area contributed by atoms with Gasteiger partial charge in [-0.2, -0.15) is 14.0 Å².